The molecule has 1 heterocycles. The number of benzene rings is 1. The Bertz CT molecular complexity index is 652. The van der Waals surface area contributed by atoms with Crippen LogP contribution in [-0.4, -0.2) is 41.8 Å². The minimum absolute atomic E-state index is 0.0618. The molecule has 1 aliphatic heterocycles. The molecule has 1 aromatic rings. The Hall–Kier alpha value is -2.24. The van der Waals surface area contributed by atoms with Gasteiger partial charge in [0.25, 0.3) is 0 Å². The lowest BCUT2D eigenvalue weighted by atomic mass is 9.95. The summed E-state index contributed by atoms with van der Waals surface area (Å²) in [4.78, 5) is 26.3. The van der Waals surface area contributed by atoms with E-state index in [1.165, 1.54) is 0 Å². The lowest BCUT2D eigenvalue weighted by Crippen LogP contribution is -2.45. The summed E-state index contributed by atoms with van der Waals surface area (Å²) in [6.07, 6.45) is 2.46. The topological polar surface area (TPSA) is 67.9 Å². The van der Waals surface area contributed by atoms with Crippen LogP contribution in [0.4, 0.5) is 9.59 Å². The quantitative estimate of drug-likeness (QED) is 0.847. The second-order valence-electron chi connectivity index (χ2n) is 8.54. The van der Waals surface area contributed by atoms with Gasteiger partial charge in [-0.05, 0) is 57.4 Å². The number of carbonyl (C=O) groups is 2. The number of amides is 2. The van der Waals surface area contributed by atoms with E-state index < -0.39 is 5.60 Å². The third-order valence-electron chi connectivity index (χ3n) is 5.01. The first kappa shape index (κ1) is 19.5. The number of carbonyl (C=O) groups excluding carboxylic acids is 2. The lowest BCUT2D eigenvalue weighted by Gasteiger charge is -2.27. The number of hydrogen-bond acceptors (Lipinski definition) is 4. The summed E-state index contributed by atoms with van der Waals surface area (Å²) in [5.74, 6) is 0.733. The first-order valence-corrected chi connectivity index (χ1v) is 9.77. The number of nitrogens with one attached hydrogen (secondary N) is 1. The molecule has 1 aromatic carbocycles. The van der Waals surface area contributed by atoms with E-state index in [1.54, 1.807) is 4.90 Å². The van der Waals surface area contributed by atoms with Crippen molar-refractivity contribution in [3.8, 4) is 0 Å². The van der Waals surface area contributed by atoms with Gasteiger partial charge in [-0.25, -0.2) is 9.59 Å². The predicted molar refractivity (Wildman–Crippen MR) is 102 cm³/mol. The molecule has 0 spiro atoms. The molecule has 3 rings (SSSR count). The zero-order valence-corrected chi connectivity index (χ0v) is 16.4. The molecular weight excluding hydrogens is 344 g/mol. The lowest BCUT2D eigenvalue weighted by molar-refractivity contribution is 0.0477. The molecule has 2 atom stereocenters. The van der Waals surface area contributed by atoms with Crippen LogP contribution < -0.4 is 5.32 Å². The molecule has 148 valence electrons. The molecule has 1 saturated heterocycles. The van der Waals surface area contributed by atoms with Crippen molar-refractivity contribution in [2.24, 2.45) is 11.8 Å². The molecule has 0 radical (unpaired) electrons. The van der Waals surface area contributed by atoms with Crippen LogP contribution in [-0.2, 0) is 16.1 Å². The fourth-order valence-corrected chi connectivity index (χ4v) is 3.58. The number of likely N-dealkylation sites (tertiary alicyclic amines) is 1. The molecule has 6 nitrogen and oxygen atoms in total. The molecule has 2 unspecified atom stereocenters. The summed E-state index contributed by atoms with van der Waals surface area (Å²) >= 11 is 0. The Labute approximate surface area is 161 Å². The van der Waals surface area contributed by atoms with Gasteiger partial charge >= 0.3 is 12.2 Å². The average Bonchev–Trinajstić information content (AvgIpc) is 3.33. The van der Waals surface area contributed by atoms with Gasteiger partial charge in [0.15, 0.2) is 0 Å². The SMILES string of the molecule is CC(C)(C)OC(=O)NC(C1CC1)C1CCN(C(=O)OCc2ccccc2)C1. The highest BCUT2D eigenvalue weighted by atomic mass is 16.6. The maximum Gasteiger partial charge on any atom is 0.410 e. The monoisotopic (exact) mass is 374 g/mol. The van der Waals surface area contributed by atoms with E-state index in [0.717, 1.165) is 24.8 Å². The van der Waals surface area contributed by atoms with Crippen molar-refractivity contribution in [1.29, 1.82) is 0 Å². The van der Waals surface area contributed by atoms with Crippen molar-refractivity contribution in [3.05, 3.63) is 35.9 Å². The minimum Gasteiger partial charge on any atom is -0.445 e. The van der Waals surface area contributed by atoms with Crippen molar-refractivity contribution in [3.63, 3.8) is 0 Å². The van der Waals surface area contributed by atoms with Crippen LogP contribution in [0.1, 0.15) is 45.6 Å². The number of hydrogen-bond donors (Lipinski definition) is 1. The van der Waals surface area contributed by atoms with Gasteiger partial charge in [-0.1, -0.05) is 30.3 Å². The second kappa shape index (κ2) is 8.19. The summed E-state index contributed by atoms with van der Waals surface area (Å²) in [5.41, 5.74) is 0.463. The van der Waals surface area contributed by atoms with Crippen molar-refractivity contribution >= 4 is 12.2 Å². The van der Waals surface area contributed by atoms with Gasteiger partial charge in [0.05, 0.1) is 0 Å². The van der Waals surface area contributed by atoms with Gasteiger partial charge in [0.2, 0.25) is 0 Å². The summed E-state index contributed by atoms with van der Waals surface area (Å²) in [6, 6.07) is 9.73. The van der Waals surface area contributed by atoms with Gasteiger partial charge in [0.1, 0.15) is 12.2 Å². The van der Waals surface area contributed by atoms with E-state index in [2.05, 4.69) is 5.32 Å². The zero-order chi connectivity index (χ0) is 19.4. The van der Waals surface area contributed by atoms with Crippen LogP contribution in [0.3, 0.4) is 0 Å². The highest BCUT2D eigenvalue weighted by Crippen LogP contribution is 2.38. The Morgan fingerprint density at radius 1 is 1.15 bits per heavy atom. The molecule has 0 bridgehead atoms. The second-order valence-corrected chi connectivity index (χ2v) is 8.54. The van der Waals surface area contributed by atoms with E-state index >= 15 is 0 Å². The van der Waals surface area contributed by atoms with Crippen LogP contribution in [0.5, 0.6) is 0 Å². The van der Waals surface area contributed by atoms with E-state index in [9.17, 15) is 9.59 Å². The summed E-state index contributed by atoms with van der Waals surface area (Å²) in [6.45, 7) is 7.14. The van der Waals surface area contributed by atoms with Gasteiger partial charge in [-0.15, -0.1) is 0 Å². The van der Waals surface area contributed by atoms with Gasteiger partial charge in [0, 0.05) is 19.1 Å². The minimum atomic E-state index is -0.513. The fourth-order valence-electron chi connectivity index (χ4n) is 3.58. The van der Waals surface area contributed by atoms with Gasteiger partial charge in [-0.3, -0.25) is 0 Å². The fraction of sp³-hybridized carbons (Fsp3) is 0.619. The number of rotatable bonds is 5. The molecule has 2 aliphatic rings. The maximum absolute atomic E-state index is 12.4. The Kier molecular flexibility index (Phi) is 5.92. The van der Waals surface area contributed by atoms with Crippen molar-refractivity contribution in [2.75, 3.05) is 13.1 Å². The molecule has 2 fully saturated rings. The summed E-state index contributed by atoms with van der Waals surface area (Å²) < 4.78 is 10.9. The van der Waals surface area contributed by atoms with E-state index in [-0.39, 0.29) is 30.8 Å². The van der Waals surface area contributed by atoms with Crippen LogP contribution in [0.25, 0.3) is 0 Å². The van der Waals surface area contributed by atoms with E-state index in [1.807, 2.05) is 51.1 Å². The van der Waals surface area contributed by atoms with Gasteiger partial charge < -0.3 is 19.7 Å². The normalized spacial score (nSPS) is 20.9. The Balaban J connectivity index is 1.50. The van der Waals surface area contributed by atoms with Crippen LogP contribution in [0.2, 0.25) is 0 Å². The zero-order valence-electron chi connectivity index (χ0n) is 16.4. The first-order chi connectivity index (χ1) is 12.8. The Morgan fingerprint density at radius 3 is 2.48 bits per heavy atom. The molecule has 1 N–H and O–H groups in total. The van der Waals surface area contributed by atoms with Crippen molar-refractivity contribution in [2.45, 2.75) is 58.3 Å². The van der Waals surface area contributed by atoms with Crippen LogP contribution in [0.15, 0.2) is 30.3 Å². The average molecular weight is 374 g/mol. The molecule has 1 aliphatic carbocycles. The highest BCUT2D eigenvalue weighted by molar-refractivity contribution is 5.69. The molecule has 0 aromatic heterocycles. The van der Waals surface area contributed by atoms with E-state index in [0.29, 0.717) is 19.0 Å². The molecule has 1 saturated carbocycles. The van der Waals surface area contributed by atoms with Crippen molar-refractivity contribution in [1.82, 2.24) is 10.2 Å². The first-order valence-electron chi connectivity index (χ1n) is 9.77. The molecular formula is C21H30N2O4. The third-order valence-corrected chi connectivity index (χ3v) is 5.01. The van der Waals surface area contributed by atoms with Gasteiger partial charge in [-0.2, -0.15) is 0 Å². The highest BCUT2D eigenvalue weighted by Gasteiger charge is 2.42. The van der Waals surface area contributed by atoms with Crippen LogP contribution in [0, 0.1) is 11.8 Å². The molecule has 2 amide bonds. The Morgan fingerprint density at radius 2 is 1.85 bits per heavy atom. The maximum atomic E-state index is 12.4. The van der Waals surface area contributed by atoms with Crippen molar-refractivity contribution < 1.29 is 19.1 Å². The van der Waals surface area contributed by atoms with Crippen LogP contribution >= 0.6 is 0 Å². The predicted octanol–water partition coefficient (Wildman–Crippen LogP) is 3.95. The number of alkyl carbamates (subject to hydrolysis) is 1. The summed E-state index contributed by atoms with van der Waals surface area (Å²) in [5, 5.41) is 3.05. The smallest absolute Gasteiger partial charge is 0.410 e. The third kappa shape index (κ3) is 5.88. The molecule has 6 heteroatoms. The molecule has 27 heavy (non-hydrogen) atoms. The largest absolute Gasteiger partial charge is 0.445 e. The number of ether oxygens (including phenoxy) is 2. The summed E-state index contributed by atoms with van der Waals surface area (Å²) in [7, 11) is 0. The standard InChI is InChI=1S/C21H30N2O4/c1-21(2,3)27-19(24)22-18(16-9-10-16)17-11-12-23(13-17)20(25)26-14-15-7-5-4-6-8-15/h4-8,16-18H,9-14H2,1-3H3,(H,22,24). The van der Waals surface area contributed by atoms with E-state index in [4.69, 9.17) is 9.47 Å². The number of nitrogens with zero attached hydrogens (tertiary/aromatic N) is 1.